The minimum absolute atomic E-state index is 0.404. The molecule has 1 aromatic rings. The Hall–Kier alpha value is -1.36. The lowest BCUT2D eigenvalue weighted by Gasteiger charge is -2.09. The summed E-state index contributed by atoms with van der Waals surface area (Å²) in [5, 5.41) is 0. The van der Waals surface area contributed by atoms with Crippen LogP contribution < -0.4 is 0 Å². The first kappa shape index (κ1) is 11.1. The predicted octanol–water partition coefficient (Wildman–Crippen LogP) is 2.47. The number of Topliss-reactive ketones (excluding diaryl/α,β-unsaturated/α-hetero) is 1. The zero-order valence-corrected chi connectivity index (χ0v) is 8.30. The van der Waals surface area contributed by atoms with Gasteiger partial charge >= 0.3 is 0 Å². The summed E-state index contributed by atoms with van der Waals surface area (Å²) < 4.78 is 44.2. The van der Waals surface area contributed by atoms with Gasteiger partial charge in [0.2, 0.25) is 0 Å². The summed E-state index contributed by atoms with van der Waals surface area (Å²) in [7, 11) is 0. The topological polar surface area (TPSA) is 26.3 Å². The van der Waals surface area contributed by atoms with Crippen LogP contribution in [0.5, 0.6) is 0 Å². The van der Waals surface area contributed by atoms with E-state index in [0.29, 0.717) is 31.6 Å². The molecule has 2 nitrogen and oxygen atoms in total. The van der Waals surface area contributed by atoms with Crippen LogP contribution in [0, 0.1) is 17.5 Å². The number of hydrogen-bond acceptors (Lipinski definition) is 2. The summed E-state index contributed by atoms with van der Waals surface area (Å²) in [4.78, 5) is 11.7. The number of hydrogen-bond donors (Lipinski definition) is 0. The van der Waals surface area contributed by atoms with Gasteiger partial charge in [-0.25, -0.2) is 13.2 Å². The molecule has 2 rings (SSSR count). The van der Waals surface area contributed by atoms with Crippen LogP contribution in [0.15, 0.2) is 12.1 Å². The molecule has 0 aromatic heterocycles. The second kappa shape index (κ2) is 4.25. The average molecular weight is 230 g/mol. The molecule has 0 N–H and O–H groups in total. The minimum Gasteiger partial charge on any atom is -0.370 e. The molecule has 5 heteroatoms. The van der Waals surface area contributed by atoms with E-state index in [-0.39, 0.29) is 0 Å². The first-order valence-electron chi connectivity index (χ1n) is 4.90. The zero-order chi connectivity index (χ0) is 11.7. The number of halogens is 3. The molecule has 0 saturated carbocycles. The van der Waals surface area contributed by atoms with Gasteiger partial charge in [0, 0.05) is 18.7 Å². The Labute approximate surface area is 90.0 Å². The van der Waals surface area contributed by atoms with Crippen molar-refractivity contribution in [3.63, 3.8) is 0 Å². The van der Waals surface area contributed by atoms with Crippen molar-refractivity contribution in [1.29, 1.82) is 0 Å². The van der Waals surface area contributed by atoms with Crippen LogP contribution in [-0.4, -0.2) is 18.5 Å². The van der Waals surface area contributed by atoms with Crippen LogP contribution in [0.25, 0.3) is 0 Å². The highest BCUT2D eigenvalue weighted by atomic mass is 19.1. The van der Waals surface area contributed by atoms with Gasteiger partial charge in [-0.1, -0.05) is 0 Å². The smallest absolute Gasteiger partial charge is 0.197 e. The van der Waals surface area contributed by atoms with Gasteiger partial charge in [-0.15, -0.1) is 0 Å². The highest BCUT2D eigenvalue weighted by molar-refractivity contribution is 6.00. The van der Waals surface area contributed by atoms with Gasteiger partial charge in [-0.05, 0) is 12.8 Å². The molecule has 1 aliphatic rings. The number of carbonyl (C=O) groups is 1. The quantitative estimate of drug-likeness (QED) is 0.729. The third kappa shape index (κ3) is 1.95. The second-order valence-electron chi connectivity index (χ2n) is 3.61. The Morgan fingerprint density at radius 3 is 2.38 bits per heavy atom. The minimum atomic E-state index is -1.18. The van der Waals surface area contributed by atoms with E-state index in [2.05, 4.69) is 0 Å². The van der Waals surface area contributed by atoms with Crippen LogP contribution >= 0.6 is 0 Å². The van der Waals surface area contributed by atoms with Gasteiger partial charge < -0.3 is 4.74 Å². The highest BCUT2D eigenvalue weighted by Crippen LogP contribution is 2.22. The highest BCUT2D eigenvalue weighted by Gasteiger charge is 2.29. The van der Waals surface area contributed by atoms with E-state index in [0.717, 1.165) is 0 Å². The Balaban J connectivity index is 2.35. The molecule has 1 saturated heterocycles. The SMILES string of the molecule is O=C(c1c(F)cc(F)cc1F)C1CCCO1. The summed E-state index contributed by atoms with van der Waals surface area (Å²) in [6.45, 7) is 0.404. The third-order valence-electron chi connectivity index (χ3n) is 2.48. The van der Waals surface area contributed by atoms with Crippen molar-refractivity contribution in [2.24, 2.45) is 0 Å². The molecule has 86 valence electrons. The van der Waals surface area contributed by atoms with E-state index < -0.39 is 34.9 Å². The lowest BCUT2D eigenvalue weighted by Crippen LogP contribution is -2.22. The fourth-order valence-corrected chi connectivity index (χ4v) is 1.72. The van der Waals surface area contributed by atoms with Gasteiger partial charge in [0.1, 0.15) is 23.6 Å². The molecule has 0 spiro atoms. The first-order valence-corrected chi connectivity index (χ1v) is 4.90. The third-order valence-corrected chi connectivity index (χ3v) is 2.48. The summed E-state index contributed by atoms with van der Waals surface area (Å²) in [5.41, 5.74) is -0.715. The molecule has 0 bridgehead atoms. The van der Waals surface area contributed by atoms with Crippen LogP contribution in [-0.2, 0) is 4.74 Å². The molecule has 1 aromatic carbocycles. The molecular formula is C11H9F3O2. The lowest BCUT2D eigenvalue weighted by atomic mass is 10.0. The molecule has 1 atom stereocenters. The fraction of sp³-hybridized carbons (Fsp3) is 0.364. The first-order chi connectivity index (χ1) is 7.59. The maximum absolute atomic E-state index is 13.3. The Kier molecular flexibility index (Phi) is 2.96. The molecule has 1 unspecified atom stereocenters. The largest absolute Gasteiger partial charge is 0.370 e. The summed E-state index contributed by atoms with van der Waals surface area (Å²) >= 11 is 0. The van der Waals surface area contributed by atoms with Crippen molar-refractivity contribution < 1.29 is 22.7 Å². The molecule has 1 aliphatic heterocycles. The van der Waals surface area contributed by atoms with Gasteiger partial charge in [0.05, 0.1) is 5.56 Å². The molecule has 0 aliphatic carbocycles. The fourth-order valence-electron chi connectivity index (χ4n) is 1.72. The lowest BCUT2D eigenvalue weighted by molar-refractivity contribution is 0.0634. The number of carbonyl (C=O) groups excluding carboxylic acids is 1. The van der Waals surface area contributed by atoms with Crippen molar-refractivity contribution in [3.8, 4) is 0 Å². The van der Waals surface area contributed by atoms with Crippen molar-refractivity contribution in [1.82, 2.24) is 0 Å². The van der Waals surface area contributed by atoms with Gasteiger partial charge in [-0.2, -0.15) is 0 Å². The number of benzene rings is 1. The summed E-state index contributed by atoms with van der Waals surface area (Å²) in [6, 6.07) is 0.983. The van der Waals surface area contributed by atoms with E-state index in [9.17, 15) is 18.0 Å². The standard InChI is InChI=1S/C11H9F3O2/c12-6-4-7(13)10(8(14)5-6)11(15)9-2-1-3-16-9/h4-5,9H,1-3H2. The Morgan fingerprint density at radius 2 is 1.88 bits per heavy atom. The average Bonchev–Trinajstić information content (AvgIpc) is 2.67. The van der Waals surface area contributed by atoms with Crippen molar-refractivity contribution in [2.75, 3.05) is 6.61 Å². The summed E-state index contributed by atoms with van der Waals surface area (Å²) in [6.07, 6.45) is 0.310. The maximum Gasteiger partial charge on any atom is 0.197 e. The van der Waals surface area contributed by atoms with Crippen molar-refractivity contribution in [3.05, 3.63) is 35.1 Å². The maximum atomic E-state index is 13.3. The molecular weight excluding hydrogens is 221 g/mol. The monoisotopic (exact) mass is 230 g/mol. The van der Waals surface area contributed by atoms with E-state index >= 15 is 0 Å². The van der Waals surface area contributed by atoms with Gasteiger partial charge in [-0.3, -0.25) is 4.79 Å². The van der Waals surface area contributed by atoms with E-state index in [4.69, 9.17) is 4.74 Å². The normalized spacial score (nSPS) is 20.1. The molecule has 0 radical (unpaired) electrons. The van der Waals surface area contributed by atoms with Crippen molar-refractivity contribution >= 4 is 5.78 Å². The van der Waals surface area contributed by atoms with Crippen LogP contribution in [0.4, 0.5) is 13.2 Å². The second-order valence-corrected chi connectivity index (χ2v) is 3.61. The van der Waals surface area contributed by atoms with Gasteiger partial charge in [0.15, 0.2) is 5.78 Å². The molecule has 1 fully saturated rings. The number of ether oxygens (including phenoxy) is 1. The van der Waals surface area contributed by atoms with Crippen molar-refractivity contribution in [2.45, 2.75) is 18.9 Å². The number of ketones is 1. The molecule has 1 heterocycles. The predicted molar refractivity (Wildman–Crippen MR) is 49.6 cm³/mol. The van der Waals surface area contributed by atoms with Crippen LogP contribution in [0.1, 0.15) is 23.2 Å². The Morgan fingerprint density at radius 1 is 1.25 bits per heavy atom. The van der Waals surface area contributed by atoms with Gasteiger partial charge in [0.25, 0.3) is 0 Å². The van der Waals surface area contributed by atoms with Crippen LogP contribution in [0.3, 0.4) is 0 Å². The number of rotatable bonds is 2. The van der Waals surface area contributed by atoms with E-state index in [1.165, 1.54) is 0 Å². The summed E-state index contributed by atoms with van der Waals surface area (Å²) in [5.74, 6) is -4.16. The molecule has 0 amide bonds. The molecule has 16 heavy (non-hydrogen) atoms. The van der Waals surface area contributed by atoms with E-state index in [1.54, 1.807) is 0 Å². The van der Waals surface area contributed by atoms with Crippen LogP contribution in [0.2, 0.25) is 0 Å². The van der Waals surface area contributed by atoms with E-state index in [1.807, 2.05) is 0 Å². The Bertz CT molecular complexity index is 402. The zero-order valence-electron chi connectivity index (χ0n) is 8.30.